The number of hydrogen-bond donors (Lipinski definition) is 3. The van der Waals surface area contributed by atoms with Gasteiger partial charge in [-0.1, -0.05) is 18.2 Å². The summed E-state index contributed by atoms with van der Waals surface area (Å²) in [6.07, 6.45) is -7.49. The highest BCUT2D eigenvalue weighted by Gasteiger charge is 2.49. The van der Waals surface area contributed by atoms with Gasteiger partial charge in [0, 0.05) is 12.1 Å². The molecule has 2 unspecified atom stereocenters. The Hall–Kier alpha value is -3.11. The van der Waals surface area contributed by atoms with Gasteiger partial charge in [0.05, 0.1) is 6.42 Å². The fourth-order valence-corrected chi connectivity index (χ4v) is 2.62. The summed E-state index contributed by atoms with van der Waals surface area (Å²) in [5, 5.41) is 7.39. The molecule has 1 aromatic rings. The molecule has 140 valence electrons. The number of benzene rings is 1. The number of amides is 2. The van der Waals surface area contributed by atoms with E-state index in [4.69, 9.17) is 16.9 Å². The summed E-state index contributed by atoms with van der Waals surface area (Å²) in [6.45, 7) is -0.173. The number of amidine groups is 1. The normalized spacial score (nSPS) is 20.1. The minimum atomic E-state index is -5.26. The first-order valence-corrected chi connectivity index (χ1v) is 7.30. The van der Waals surface area contributed by atoms with Crippen LogP contribution < -0.4 is 11.5 Å². The quantitative estimate of drug-likeness (QED) is 0.380. The van der Waals surface area contributed by atoms with E-state index >= 15 is 0 Å². The molecule has 0 spiro atoms. The van der Waals surface area contributed by atoms with Crippen LogP contribution in [-0.4, -0.2) is 46.8 Å². The first-order valence-electron chi connectivity index (χ1n) is 7.30. The number of primary amides is 1. The lowest BCUT2D eigenvalue weighted by molar-refractivity contribution is -0.205. The van der Waals surface area contributed by atoms with Gasteiger partial charge < -0.3 is 21.1 Å². The minimum Gasteiger partial charge on any atom is -0.452 e. The van der Waals surface area contributed by atoms with Crippen molar-refractivity contribution in [1.29, 1.82) is 5.41 Å². The van der Waals surface area contributed by atoms with Gasteiger partial charge in [-0.15, -0.1) is 0 Å². The molecule has 1 heterocycles. The lowest BCUT2D eigenvalue weighted by Crippen LogP contribution is -2.48. The Morgan fingerprint density at radius 3 is 2.50 bits per heavy atom. The van der Waals surface area contributed by atoms with Crippen LogP contribution in [0.5, 0.6) is 0 Å². The average molecular weight is 372 g/mol. The van der Waals surface area contributed by atoms with Crippen LogP contribution in [0.15, 0.2) is 24.3 Å². The fourth-order valence-electron chi connectivity index (χ4n) is 2.62. The second-order valence-corrected chi connectivity index (χ2v) is 5.63. The first kappa shape index (κ1) is 19.2. The summed E-state index contributed by atoms with van der Waals surface area (Å²) in [6, 6.07) is 4.65. The number of likely N-dealkylation sites (tertiary alicyclic amines) is 1. The van der Waals surface area contributed by atoms with Crippen molar-refractivity contribution >= 4 is 23.6 Å². The molecular formula is C15H15F3N4O4. The number of nitrogen functional groups attached to an aromatic ring is 1. The van der Waals surface area contributed by atoms with Crippen LogP contribution in [0.3, 0.4) is 0 Å². The number of nitrogens with one attached hydrogen (secondary N) is 1. The molecule has 1 aliphatic rings. The van der Waals surface area contributed by atoms with Crippen molar-refractivity contribution in [3.05, 3.63) is 35.4 Å². The Morgan fingerprint density at radius 2 is 1.96 bits per heavy atom. The molecule has 5 N–H and O–H groups in total. The molecule has 0 saturated carbocycles. The summed E-state index contributed by atoms with van der Waals surface area (Å²) in [5.41, 5.74) is 11.4. The van der Waals surface area contributed by atoms with Gasteiger partial charge in [-0.25, -0.2) is 4.79 Å². The molecule has 8 nitrogen and oxygen atoms in total. The number of hydrogen-bond acceptors (Lipinski definition) is 5. The SMILES string of the molecule is N=C(N)c1cccc(CN2C(=O)CC(OC(=O)C(F)(F)F)C2C(N)=O)c1. The number of esters is 1. The largest absolute Gasteiger partial charge is 0.490 e. The Kier molecular flexibility index (Phi) is 5.19. The van der Waals surface area contributed by atoms with Crippen molar-refractivity contribution in [2.75, 3.05) is 0 Å². The van der Waals surface area contributed by atoms with Crippen molar-refractivity contribution in [3.8, 4) is 0 Å². The number of rotatable bonds is 5. The third kappa shape index (κ3) is 4.10. The van der Waals surface area contributed by atoms with Gasteiger partial charge in [0.15, 0.2) is 0 Å². The van der Waals surface area contributed by atoms with Crippen LogP contribution in [0, 0.1) is 5.41 Å². The Balaban J connectivity index is 2.23. The van der Waals surface area contributed by atoms with E-state index < -0.39 is 42.5 Å². The zero-order valence-electron chi connectivity index (χ0n) is 13.2. The van der Waals surface area contributed by atoms with Gasteiger partial charge in [0.1, 0.15) is 18.0 Å². The number of alkyl halides is 3. The van der Waals surface area contributed by atoms with Gasteiger partial charge >= 0.3 is 12.1 Å². The van der Waals surface area contributed by atoms with Crippen molar-refractivity contribution < 1.29 is 32.3 Å². The summed E-state index contributed by atoms with van der Waals surface area (Å²) in [7, 11) is 0. The summed E-state index contributed by atoms with van der Waals surface area (Å²) < 4.78 is 41.4. The van der Waals surface area contributed by atoms with Crippen LogP contribution in [0.2, 0.25) is 0 Å². The summed E-state index contributed by atoms with van der Waals surface area (Å²) in [5.74, 6) is -4.51. The molecule has 1 fully saturated rings. The maximum absolute atomic E-state index is 12.4. The third-order valence-corrected chi connectivity index (χ3v) is 3.76. The number of carbonyl (C=O) groups excluding carboxylic acids is 3. The molecule has 2 rings (SSSR count). The van der Waals surface area contributed by atoms with Crippen molar-refractivity contribution in [1.82, 2.24) is 4.90 Å². The fraction of sp³-hybridized carbons (Fsp3) is 0.333. The van der Waals surface area contributed by atoms with Crippen molar-refractivity contribution in [2.24, 2.45) is 11.5 Å². The Labute approximate surface area is 145 Å². The third-order valence-electron chi connectivity index (χ3n) is 3.76. The topological polar surface area (TPSA) is 140 Å². The smallest absolute Gasteiger partial charge is 0.452 e. The zero-order chi connectivity index (χ0) is 19.6. The standard InChI is InChI=1S/C15H15F3N4O4/c16-15(17,18)14(25)26-9-5-10(23)22(11(9)13(21)24)6-7-2-1-3-8(4-7)12(19)20/h1-4,9,11H,5-6H2,(H3,19,20)(H2,21,24). The van der Waals surface area contributed by atoms with Crippen LogP contribution in [0.25, 0.3) is 0 Å². The molecule has 1 aromatic carbocycles. The predicted molar refractivity (Wildman–Crippen MR) is 81.5 cm³/mol. The van der Waals surface area contributed by atoms with E-state index in [9.17, 15) is 27.6 Å². The van der Waals surface area contributed by atoms with Crippen LogP contribution in [0.1, 0.15) is 17.5 Å². The van der Waals surface area contributed by atoms with E-state index in [1.54, 1.807) is 18.2 Å². The number of halogens is 3. The molecule has 0 bridgehead atoms. The second kappa shape index (κ2) is 7.02. The van der Waals surface area contributed by atoms with E-state index in [2.05, 4.69) is 4.74 Å². The van der Waals surface area contributed by atoms with Crippen molar-refractivity contribution in [2.45, 2.75) is 31.3 Å². The molecule has 2 atom stereocenters. The molecule has 1 saturated heterocycles. The van der Waals surface area contributed by atoms with E-state index in [1.807, 2.05) is 0 Å². The number of nitrogens with two attached hydrogens (primary N) is 2. The minimum absolute atomic E-state index is 0.173. The molecule has 2 amide bonds. The zero-order valence-corrected chi connectivity index (χ0v) is 13.2. The molecule has 1 aliphatic heterocycles. The van der Waals surface area contributed by atoms with Crippen LogP contribution in [0.4, 0.5) is 13.2 Å². The monoisotopic (exact) mass is 372 g/mol. The highest BCUT2D eigenvalue weighted by molar-refractivity contribution is 5.95. The lowest BCUT2D eigenvalue weighted by atomic mass is 10.1. The highest BCUT2D eigenvalue weighted by atomic mass is 19.4. The highest BCUT2D eigenvalue weighted by Crippen LogP contribution is 2.27. The number of ether oxygens (including phenoxy) is 1. The van der Waals surface area contributed by atoms with E-state index in [-0.39, 0.29) is 12.4 Å². The molecule has 0 aromatic heterocycles. The summed E-state index contributed by atoms with van der Waals surface area (Å²) >= 11 is 0. The van der Waals surface area contributed by atoms with Gasteiger partial charge in [-0.2, -0.15) is 13.2 Å². The van der Waals surface area contributed by atoms with E-state index in [0.29, 0.717) is 11.1 Å². The van der Waals surface area contributed by atoms with Crippen LogP contribution in [-0.2, 0) is 25.7 Å². The first-order chi connectivity index (χ1) is 12.0. The van der Waals surface area contributed by atoms with E-state index in [0.717, 1.165) is 4.90 Å². The molecule has 11 heteroatoms. The van der Waals surface area contributed by atoms with E-state index in [1.165, 1.54) is 6.07 Å². The van der Waals surface area contributed by atoms with Gasteiger partial charge in [0.25, 0.3) is 0 Å². The lowest BCUT2D eigenvalue weighted by Gasteiger charge is -2.25. The summed E-state index contributed by atoms with van der Waals surface area (Å²) in [4.78, 5) is 35.8. The maximum Gasteiger partial charge on any atom is 0.490 e. The maximum atomic E-state index is 12.4. The molecule has 0 radical (unpaired) electrons. The van der Waals surface area contributed by atoms with Gasteiger partial charge in [-0.3, -0.25) is 15.0 Å². The molecule has 0 aliphatic carbocycles. The Morgan fingerprint density at radius 1 is 1.31 bits per heavy atom. The number of carbonyl (C=O) groups is 3. The van der Waals surface area contributed by atoms with Crippen molar-refractivity contribution in [3.63, 3.8) is 0 Å². The van der Waals surface area contributed by atoms with Gasteiger partial charge in [-0.05, 0) is 11.6 Å². The average Bonchev–Trinajstić information content (AvgIpc) is 2.82. The molecular weight excluding hydrogens is 357 g/mol. The Bertz CT molecular complexity index is 766. The number of nitrogens with zero attached hydrogens (tertiary/aromatic N) is 1. The second-order valence-electron chi connectivity index (χ2n) is 5.63. The van der Waals surface area contributed by atoms with Gasteiger partial charge in [0.2, 0.25) is 11.8 Å². The predicted octanol–water partition coefficient (Wildman–Crippen LogP) is 0.0310. The molecule has 26 heavy (non-hydrogen) atoms. The van der Waals surface area contributed by atoms with Crippen LogP contribution >= 0.6 is 0 Å².